The van der Waals surface area contributed by atoms with Crippen molar-refractivity contribution in [1.82, 2.24) is 9.97 Å². The van der Waals surface area contributed by atoms with Crippen LogP contribution in [0.15, 0.2) is 12.4 Å². The summed E-state index contributed by atoms with van der Waals surface area (Å²) in [7, 11) is 0. The van der Waals surface area contributed by atoms with E-state index < -0.39 is 0 Å². The van der Waals surface area contributed by atoms with E-state index in [1.807, 2.05) is 19.9 Å². The molecule has 0 bridgehead atoms. The highest BCUT2D eigenvalue weighted by molar-refractivity contribution is 5.37. The summed E-state index contributed by atoms with van der Waals surface area (Å²) in [4.78, 5) is 8.25. The summed E-state index contributed by atoms with van der Waals surface area (Å²) in [5.74, 6) is 1.99. The van der Waals surface area contributed by atoms with Gasteiger partial charge < -0.3 is 15.8 Å². The Kier molecular flexibility index (Phi) is 6.43. The number of nitrogens with two attached hydrogens (primary N) is 1. The Morgan fingerprint density at radius 1 is 1.39 bits per heavy atom. The first-order chi connectivity index (χ1) is 8.65. The minimum atomic E-state index is 0.119. The van der Waals surface area contributed by atoms with E-state index in [0.29, 0.717) is 11.8 Å². The number of aromatic nitrogens is 2. The molecule has 1 unspecified atom stereocenters. The van der Waals surface area contributed by atoms with Crippen molar-refractivity contribution in [2.45, 2.75) is 39.7 Å². The number of hydrogen-bond donors (Lipinski definition) is 2. The fourth-order valence-electron chi connectivity index (χ4n) is 1.68. The zero-order valence-corrected chi connectivity index (χ0v) is 11.5. The van der Waals surface area contributed by atoms with Gasteiger partial charge in [-0.2, -0.15) is 0 Å². The summed E-state index contributed by atoms with van der Waals surface area (Å²) >= 11 is 0. The van der Waals surface area contributed by atoms with E-state index in [-0.39, 0.29) is 6.10 Å². The van der Waals surface area contributed by atoms with Gasteiger partial charge in [0.25, 0.3) is 0 Å². The van der Waals surface area contributed by atoms with E-state index in [1.54, 1.807) is 0 Å². The predicted molar refractivity (Wildman–Crippen MR) is 73.7 cm³/mol. The number of ether oxygens (including phenoxy) is 1. The highest BCUT2D eigenvalue weighted by atomic mass is 16.5. The molecule has 5 nitrogen and oxygen atoms in total. The Labute approximate surface area is 109 Å². The largest absolute Gasteiger partial charge is 0.475 e. The van der Waals surface area contributed by atoms with Crippen LogP contribution in [0.4, 0.5) is 5.82 Å². The SMILES string of the molecule is CCC(CCN)CNc1cc(OC(C)C)ncn1. The summed E-state index contributed by atoms with van der Waals surface area (Å²) in [5, 5.41) is 3.31. The van der Waals surface area contributed by atoms with Gasteiger partial charge in [-0.1, -0.05) is 13.3 Å². The lowest BCUT2D eigenvalue weighted by atomic mass is 10.0. The normalized spacial score (nSPS) is 12.5. The van der Waals surface area contributed by atoms with Crippen LogP contribution >= 0.6 is 0 Å². The molecule has 5 heteroatoms. The Hall–Kier alpha value is -1.36. The van der Waals surface area contributed by atoms with Gasteiger partial charge in [0.1, 0.15) is 12.1 Å². The zero-order valence-electron chi connectivity index (χ0n) is 11.5. The summed E-state index contributed by atoms with van der Waals surface area (Å²) in [5.41, 5.74) is 5.58. The van der Waals surface area contributed by atoms with Crippen LogP contribution in [0, 0.1) is 5.92 Å². The molecule has 3 N–H and O–H groups in total. The molecule has 0 radical (unpaired) electrons. The van der Waals surface area contributed by atoms with E-state index in [0.717, 1.165) is 31.7 Å². The van der Waals surface area contributed by atoms with Gasteiger partial charge in [0.05, 0.1) is 6.10 Å². The minimum absolute atomic E-state index is 0.119. The molecular weight excluding hydrogens is 228 g/mol. The van der Waals surface area contributed by atoms with E-state index in [2.05, 4.69) is 22.2 Å². The van der Waals surface area contributed by atoms with Gasteiger partial charge in [0, 0.05) is 12.6 Å². The number of nitrogens with zero attached hydrogens (tertiary/aromatic N) is 2. The fraction of sp³-hybridized carbons (Fsp3) is 0.692. The number of nitrogens with one attached hydrogen (secondary N) is 1. The maximum absolute atomic E-state index is 5.58. The lowest BCUT2D eigenvalue weighted by molar-refractivity contribution is 0.232. The van der Waals surface area contributed by atoms with Crippen molar-refractivity contribution in [3.05, 3.63) is 12.4 Å². The van der Waals surface area contributed by atoms with Crippen LogP contribution in [0.5, 0.6) is 5.88 Å². The molecule has 1 rings (SSSR count). The third-order valence-electron chi connectivity index (χ3n) is 2.72. The highest BCUT2D eigenvalue weighted by Gasteiger charge is 2.06. The Balaban J connectivity index is 2.51. The van der Waals surface area contributed by atoms with Crippen LogP contribution in [-0.4, -0.2) is 29.2 Å². The molecule has 1 aromatic heterocycles. The van der Waals surface area contributed by atoms with Crippen LogP contribution in [-0.2, 0) is 0 Å². The number of hydrogen-bond acceptors (Lipinski definition) is 5. The van der Waals surface area contributed by atoms with Gasteiger partial charge >= 0.3 is 0 Å². The van der Waals surface area contributed by atoms with Crippen molar-refractivity contribution in [3.63, 3.8) is 0 Å². The molecule has 0 aliphatic carbocycles. The van der Waals surface area contributed by atoms with E-state index in [1.165, 1.54) is 6.33 Å². The van der Waals surface area contributed by atoms with Gasteiger partial charge in [-0.25, -0.2) is 9.97 Å². The molecular formula is C13H24N4O. The molecule has 1 heterocycles. The van der Waals surface area contributed by atoms with Crippen LogP contribution in [0.3, 0.4) is 0 Å². The third kappa shape index (κ3) is 5.31. The second kappa shape index (κ2) is 7.87. The lowest BCUT2D eigenvalue weighted by Crippen LogP contribution is -2.18. The third-order valence-corrected chi connectivity index (χ3v) is 2.72. The molecule has 0 saturated carbocycles. The van der Waals surface area contributed by atoms with Gasteiger partial charge in [0.2, 0.25) is 5.88 Å². The summed E-state index contributed by atoms with van der Waals surface area (Å²) < 4.78 is 5.52. The molecule has 0 aliphatic heterocycles. The van der Waals surface area contributed by atoms with Crippen LogP contribution in [0.2, 0.25) is 0 Å². The lowest BCUT2D eigenvalue weighted by Gasteiger charge is -2.15. The second-order valence-electron chi connectivity index (χ2n) is 4.64. The van der Waals surface area contributed by atoms with Gasteiger partial charge in [-0.15, -0.1) is 0 Å². The van der Waals surface area contributed by atoms with Gasteiger partial charge in [-0.05, 0) is 32.7 Å². The van der Waals surface area contributed by atoms with Crippen molar-refractivity contribution in [2.24, 2.45) is 11.7 Å². The molecule has 0 fully saturated rings. The van der Waals surface area contributed by atoms with Crippen LogP contribution in [0.25, 0.3) is 0 Å². The monoisotopic (exact) mass is 252 g/mol. The second-order valence-corrected chi connectivity index (χ2v) is 4.64. The van der Waals surface area contributed by atoms with Gasteiger partial charge in [-0.3, -0.25) is 0 Å². The predicted octanol–water partition coefficient (Wildman–Crippen LogP) is 2.05. The van der Waals surface area contributed by atoms with Gasteiger partial charge in [0.15, 0.2) is 0 Å². The first-order valence-electron chi connectivity index (χ1n) is 6.58. The van der Waals surface area contributed by atoms with Crippen molar-refractivity contribution in [1.29, 1.82) is 0 Å². The maximum atomic E-state index is 5.58. The molecule has 0 aromatic carbocycles. The molecule has 0 spiro atoms. The standard InChI is InChI=1S/C13H24N4O/c1-4-11(5-6-14)8-15-12-7-13(17-9-16-12)18-10(2)3/h7,9-11H,4-6,8,14H2,1-3H3,(H,15,16,17). The summed E-state index contributed by atoms with van der Waals surface area (Å²) in [6, 6.07) is 1.83. The Morgan fingerprint density at radius 3 is 2.78 bits per heavy atom. The first kappa shape index (κ1) is 14.7. The van der Waals surface area contributed by atoms with Crippen molar-refractivity contribution < 1.29 is 4.74 Å². The first-order valence-corrected chi connectivity index (χ1v) is 6.58. The molecule has 0 saturated heterocycles. The zero-order chi connectivity index (χ0) is 13.4. The summed E-state index contributed by atoms with van der Waals surface area (Å²) in [6.07, 6.45) is 3.78. The van der Waals surface area contributed by atoms with Crippen molar-refractivity contribution in [3.8, 4) is 5.88 Å². The van der Waals surface area contributed by atoms with Crippen LogP contribution in [0.1, 0.15) is 33.6 Å². The van der Waals surface area contributed by atoms with Crippen molar-refractivity contribution in [2.75, 3.05) is 18.4 Å². The topological polar surface area (TPSA) is 73.1 Å². The molecule has 102 valence electrons. The maximum Gasteiger partial charge on any atom is 0.218 e. The molecule has 0 aliphatic rings. The summed E-state index contributed by atoms with van der Waals surface area (Å²) in [6.45, 7) is 7.74. The highest BCUT2D eigenvalue weighted by Crippen LogP contribution is 2.14. The number of anilines is 1. The molecule has 18 heavy (non-hydrogen) atoms. The smallest absolute Gasteiger partial charge is 0.218 e. The van der Waals surface area contributed by atoms with E-state index in [4.69, 9.17) is 10.5 Å². The minimum Gasteiger partial charge on any atom is -0.475 e. The molecule has 1 aromatic rings. The average molecular weight is 252 g/mol. The molecule has 0 amide bonds. The quantitative estimate of drug-likeness (QED) is 0.740. The fourth-order valence-corrected chi connectivity index (χ4v) is 1.68. The Bertz CT molecular complexity index is 344. The molecule has 1 atom stereocenters. The van der Waals surface area contributed by atoms with Crippen LogP contribution < -0.4 is 15.8 Å². The average Bonchev–Trinajstić information content (AvgIpc) is 2.34. The Morgan fingerprint density at radius 2 is 2.17 bits per heavy atom. The van der Waals surface area contributed by atoms with E-state index in [9.17, 15) is 0 Å². The van der Waals surface area contributed by atoms with Crippen molar-refractivity contribution >= 4 is 5.82 Å². The van der Waals surface area contributed by atoms with E-state index >= 15 is 0 Å². The number of rotatable bonds is 8.